The molecule has 0 N–H and O–H groups in total. The summed E-state index contributed by atoms with van der Waals surface area (Å²) >= 11 is 2.10. The summed E-state index contributed by atoms with van der Waals surface area (Å²) in [6.07, 6.45) is 6.09. The van der Waals surface area contributed by atoms with Crippen LogP contribution in [-0.4, -0.2) is 60.4 Å². The van der Waals surface area contributed by atoms with Gasteiger partial charge in [-0.25, -0.2) is 9.97 Å². The van der Waals surface area contributed by atoms with Crippen molar-refractivity contribution < 1.29 is 4.74 Å². The van der Waals surface area contributed by atoms with Crippen LogP contribution in [0.1, 0.15) is 19.3 Å². The van der Waals surface area contributed by atoms with Gasteiger partial charge in [0.2, 0.25) is 0 Å². The van der Waals surface area contributed by atoms with Crippen LogP contribution in [-0.2, 0) is 4.74 Å². The summed E-state index contributed by atoms with van der Waals surface area (Å²) in [6, 6.07) is 2.08. The molecule has 2 saturated heterocycles. The van der Waals surface area contributed by atoms with Crippen molar-refractivity contribution in [2.45, 2.75) is 30.1 Å². The molecule has 120 valence electrons. The van der Waals surface area contributed by atoms with Crippen LogP contribution >= 0.6 is 11.8 Å². The predicted octanol–water partition coefficient (Wildman–Crippen LogP) is 2.03. The molecule has 1 aliphatic carbocycles. The predicted molar refractivity (Wildman–Crippen MR) is 90.8 cm³/mol. The quantitative estimate of drug-likeness (QED) is 0.827. The summed E-state index contributed by atoms with van der Waals surface area (Å²) in [6.45, 7) is 3.17. The SMILES string of the molecule is CN(C)c1cc(N2CC3(CC(OCC4CC4)CS3)C2)ncn1. The van der Waals surface area contributed by atoms with E-state index in [0.717, 1.165) is 43.0 Å². The first-order valence-corrected chi connectivity index (χ1v) is 9.12. The van der Waals surface area contributed by atoms with Crippen LogP contribution in [0, 0.1) is 5.92 Å². The molecule has 1 aromatic heterocycles. The highest BCUT2D eigenvalue weighted by atomic mass is 32.2. The van der Waals surface area contributed by atoms with Gasteiger partial charge in [-0.3, -0.25) is 0 Å². The summed E-state index contributed by atoms with van der Waals surface area (Å²) in [7, 11) is 4.02. The molecule has 4 rings (SSSR count). The molecule has 0 aromatic carbocycles. The fourth-order valence-electron chi connectivity index (χ4n) is 3.25. The van der Waals surface area contributed by atoms with Crippen LogP contribution in [0.5, 0.6) is 0 Å². The van der Waals surface area contributed by atoms with Crippen molar-refractivity contribution in [3.63, 3.8) is 0 Å². The lowest BCUT2D eigenvalue weighted by molar-refractivity contribution is 0.0529. The van der Waals surface area contributed by atoms with Gasteiger partial charge in [0.05, 0.1) is 10.9 Å². The third-order valence-corrected chi connectivity index (χ3v) is 6.39. The maximum absolute atomic E-state index is 6.08. The van der Waals surface area contributed by atoms with Crippen molar-refractivity contribution in [3.8, 4) is 0 Å². The molecule has 1 unspecified atom stereocenters. The summed E-state index contributed by atoms with van der Waals surface area (Å²) in [5, 5.41) is 0. The Morgan fingerprint density at radius 3 is 2.91 bits per heavy atom. The van der Waals surface area contributed by atoms with Gasteiger partial charge in [-0.1, -0.05) is 0 Å². The number of hydrogen-bond acceptors (Lipinski definition) is 6. The Morgan fingerprint density at radius 1 is 1.36 bits per heavy atom. The second kappa shape index (κ2) is 5.57. The Hall–Kier alpha value is -1.01. The molecule has 0 radical (unpaired) electrons. The van der Waals surface area contributed by atoms with Crippen molar-refractivity contribution in [3.05, 3.63) is 12.4 Å². The number of rotatable bonds is 5. The Labute approximate surface area is 136 Å². The molecule has 2 aliphatic heterocycles. The molecule has 22 heavy (non-hydrogen) atoms. The van der Waals surface area contributed by atoms with Crippen LogP contribution in [0.4, 0.5) is 11.6 Å². The second-order valence-corrected chi connectivity index (χ2v) is 8.57. The van der Waals surface area contributed by atoms with Gasteiger partial charge in [0.25, 0.3) is 0 Å². The topological polar surface area (TPSA) is 41.5 Å². The Balaban J connectivity index is 1.32. The zero-order valence-corrected chi connectivity index (χ0v) is 14.2. The van der Waals surface area contributed by atoms with Crippen molar-refractivity contribution in [2.24, 2.45) is 5.92 Å². The standard InChI is InChI=1S/C16H24N4OS/c1-19(2)14-5-15(18-11-17-14)20-9-16(10-20)6-13(8-22-16)21-7-12-3-4-12/h5,11-13H,3-4,6-10H2,1-2H3. The van der Waals surface area contributed by atoms with Gasteiger partial charge >= 0.3 is 0 Å². The van der Waals surface area contributed by atoms with Crippen molar-refractivity contribution in [1.82, 2.24) is 9.97 Å². The molecule has 5 nitrogen and oxygen atoms in total. The van der Waals surface area contributed by atoms with Gasteiger partial charge in [0.15, 0.2) is 0 Å². The Morgan fingerprint density at radius 2 is 2.18 bits per heavy atom. The summed E-state index contributed by atoms with van der Waals surface area (Å²) in [5.74, 6) is 4.04. The Kier molecular flexibility index (Phi) is 3.69. The van der Waals surface area contributed by atoms with E-state index in [0.29, 0.717) is 10.9 Å². The molecular weight excluding hydrogens is 296 g/mol. The fourth-order valence-corrected chi connectivity index (χ4v) is 4.80. The lowest BCUT2D eigenvalue weighted by Crippen LogP contribution is -2.59. The van der Waals surface area contributed by atoms with Gasteiger partial charge in [0.1, 0.15) is 18.0 Å². The average Bonchev–Trinajstić information content (AvgIpc) is 3.21. The van der Waals surface area contributed by atoms with Crippen molar-refractivity contribution in [2.75, 3.05) is 49.3 Å². The minimum Gasteiger partial charge on any atom is -0.377 e. The summed E-state index contributed by atoms with van der Waals surface area (Å²) < 4.78 is 6.48. The van der Waals surface area contributed by atoms with Crippen LogP contribution in [0.3, 0.4) is 0 Å². The fraction of sp³-hybridized carbons (Fsp3) is 0.750. The smallest absolute Gasteiger partial charge is 0.134 e. The first kappa shape index (κ1) is 14.6. The van der Waals surface area contributed by atoms with Gasteiger partial charge in [-0.2, -0.15) is 0 Å². The number of thioether (sulfide) groups is 1. The molecule has 1 spiro atoms. The summed E-state index contributed by atoms with van der Waals surface area (Å²) in [5.41, 5.74) is 0. The van der Waals surface area contributed by atoms with Gasteiger partial charge in [0, 0.05) is 45.6 Å². The number of anilines is 2. The van der Waals surface area contributed by atoms with Crippen LogP contribution < -0.4 is 9.80 Å². The van der Waals surface area contributed by atoms with E-state index in [2.05, 4.69) is 32.7 Å². The van der Waals surface area contributed by atoms with E-state index in [1.54, 1.807) is 6.33 Å². The minimum atomic E-state index is 0.400. The van der Waals surface area contributed by atoms with E-state index >= 15 is 0 Å². The second-order valence-electron chi connectivity index (χ2n) is 7.08. The molecule has 1 atom stereocenters. The van der Waals surface area contributed by atoms with Gasteiger partial charge in [-0.05, 0) is 25.2 Å². The first-order valence-electron chi connectivity index (χ1n) is 8.13. The van der Waals surface area contributed by atoms with Crippen LogP contribution in [0.2, 0.25) is 0 Å². The minimum absolute atomic E-state index is 0.400. The van der Waals surface area contributed by atoms with E-state index in [1.165, 1.54) is 19.3 Å². The van der Waals surface area contributed by atoms with E-state index in [1.807, 2.05) is 19.0 Å². The first-order chi connectivity index (χ1) is 10.6. The monoisotopic (exact) mass is 320 g/mol. The molecule has 0 amide bonds. The maximum atomic E-state index is 6.08. The highest BCUT2D eigenvalue weighted by molar-refractivity contribution is 8.01. The number of aromatic nitrogens is 2. The molecule has 3 aliphatic rings. The maximum Gasteiger partial charge on any atom is 0.134 e. The largest absolute Gasteiger partial charge is 0.377 e. The highest BCUT2D eigenvalue weighted by Gasteiger charge is 2.50. The third-order valence-electron chi connectivity index (χ3n) is 4.82. The zero-order chi connectivity index (χ0) is 15.2. The lowest BCUT2D eigenvalue weighted by Gasteiger charge is -2.48. The van der Waals surface area contributed by atoms with Crippen molar-refractivity contribution in [1.29, 1.82) is 0 Å². The molecule has 3 fully saturated rings. The zero-order valence-electron chi connectivity index (χ0n) is 13.4. The van der Waals surface area contributed by atoms with Crippen LogP contribution in [0.15, 0.2) is 12.4 Å². The van der Waals surface area contributed by atoms with Crippen molar-refractivity contribution >= 4 is 23.4 Å². The van der Waals surface area contributed by atoms with E-state index < -0.39 is 0 Å². The molecular formula is C16H24N4OS. The Bertz CT molecular complexity index is 543. The number of nitrogens with zero attached hydrogens (tertiary/aromatic N) is 4. The van der Waals surface area contributed by atoms with Gasteiger partial charge < -0.3 is 14.5 Å². The number of ether oxygens (including phenoxy) is 1. The summed E-state index contributed by atoms with van der Waals surface area (Å²) in [4.78, 5) is 13.1. The third kappa shape index (κ3) is 2.91. The molecule has 0 bridgehead atoms. The van der Waals surface area contributed by atoms with Gasteiger partial charge in [-0.15, -0.1) is 11.8 Å². The van der Waals surface area contributed by atoms with E-state index in [9.17, 15) is 0 Å². The highest BCUT2D eigenvalue weighted by Crippen LogP contribution is 2.47. The van der Waals surface area contributed by atoms with E-state index in [4.69, 9.17) is 4.74 Å². The molecule has 3 heterocycles. The molecule has 1 saturated carbocycles. The lowest BCUT2D eigenvalue weighted by atomic mass is 9.93. The molecule has 1 aromatic rings. The number of hydrogen-bond donors (Lipinski definition) is 0. The van der Waals surface area contributed by atoms with Crippen LogP contribution in [0.25, 0.3) is 0 Å². The molecule has 6 heteroatoms. The van der Waals surface area contributed by atoms with E-state index in [-0.39, 0.29) is 0 Å². The normalized spacial score (nSPS) is 26.3. The average molecular weight is 320 g/mol.